The summed E-state index contributed by atoms with van der Waals surface area (Å²) in [6.45, 7) is 14.4. The molecule has 0 bridgehead atoms. The van der Waals surface area contributed by atoms with Crippen LogP contribution in [0, 0.1) is 11.8 Å². The minimum absolute atomic E-state index is 0.519. The molecule has 0 radical (unpaired) electrons. The summed E-state index contributed by atoms with van der Waals surface area (Å²) in [5.74, 6) is 2.28. The maximum absolute atomic E-state index is 11.7. The zero-order valence-corrected chi connectivity index (χ0v) is 15.0. The number of hydrogen-bond donors (Lipinski definition) is 0. The summed E-state index contributed by atoms with van der Waals surface area (Å²) in [6, 6.07) is 7.78. The predicted octanol–water partition coefficient (Wildman–Crippen LogP) is 5.79. The maximum atomic E-state index is 11.7. The quantitative estimate of drug-likeness (QED) is 0.510. The zero-order chi connectivity index (χ0) is 16.9. The normalized spacial score (nSPS) is 13.3. The van der Waals surface area contributed by atoms with Gasteiger partial charge >= 0.3 is 6.16 Å². The van der Waals surface area contributed by atoms with Gasteiger partial charge in [-0.25, -0.2) is 4.79 Å². The molecular weight excluding hydrogens is 276 g/mol. The SMILES string of the molecule is CC(C)CC(c1ccc(OC(=O)OC(C)(C)C)cc1)C(C)C. The summed E-state index contributed by atoms with van der Waals surface area (Å²) in [7, 11) is 0. The van der Waals surface area contributed by atoms with Gasteiger partial charge in [0.15, 0.2) is 0 Å². The molecule has 1 aromatic carbocycles. The summed E-state index contributed by atoms with van der Waals surface area (Å²) in [5.41, 5.74) is 0.747. The van der Waals surface area contributed by atoms with Crippen LogP contribution < -0.4 is 4.74 Å². The van der Waals surface area contributed by atoms with Crippen molar-refractivity contribution in [1.29, 1.82) is 0 Å². The Hall–Kier alpha value is -1.51. The third-order valence-corrected chi connectivity index (χ3v) is 3.43. The van der Waals surface area contributed by atoms with Gasteiger partial charge in [0, 0.05) is 0 Å². The van der Waals surface area contributed by atoms with E-state index in [1.54, 1.807) is 0 Å². The molecule has 0 amide bonds. The Morgan fingerprint density at radius 1 is 1.05 bits per heavy atom. The van der Waals surface area contributed by atoms with E-state index in [4.69, 9.17) is 9.47 Å². The molecule has 0 aliphatic rings. The standard InChI is InChI=1S/C19H30O3/c1-13(2)12-17(14(3)4)15-8-10-16(11-9-15)21-18(20)22-19(5,6)7/h8-11,13-14,17H,12H2,1-7H3. The van der Waals surface area contributed by atoms with Crippen molar-refractivity contribution in [2.24, 2.45) is 11.8 Å². The number of rotatable bonds is 5. The van der Waals surface area contributed by atoms with Gasteiger partial charge in [-0.1, -0.05) is 39.8 Å². The predicted molar refractivity (Wildman–Crippen MR) is 90.3 cm³/mol. The second kappa shape index (κ2) is 7.66. The van der Waals surface area contributed by atoms with Crippen molar-refractivity contribution < 1.29 is 14.3 Å². The van der Waals surface area contributed by atoms with Gasteiger partial charge in [0.1, 0.15) is 11.4 Å². The lowest BCUT2D eigenvalue weighted by Gasteiger charge is -2.23. The van der Waals surface area contributed by atoms with E-state index in [0.717, 1.165) is 6.42 Å². The van der Waals surface area contributed by atoms with E-state index < -0.39 is 11.8 Å². The molecule has 0 N–H and O–H groups in total. The highest BCUT2D eigenvalue weighted by Crippen LogP contribution is 2.32. The number of hydrogen-bond acceptors (Lipinski definition) is 3. The fraction of sp³-hybridized carbons (Fsp3) is 0.632. The lowest BCUT2D eigenvalue weighted by Crippen LogP contribution is -2.25. The first kappa shape index (κ1) is 18.5. The maximum Gasteiger partial charge on any atom is 0.514 e. The molecule has 0 aliphatic carbocycles. The average Bonchev–Trinajstić information content (AvgIpc) is 2.34. The highest BCUT2D eigenvalue weighted by Gasteiger charge is 2.19. The summed E-state index contributed by atoms with van der Waals surface area (Å²) in [5, 5.41) is 0. The van der Waals surface area contributed by atoms with Crippen LogP contribution in [0.15, 0.2) is 24.3 Å². The minimum atomic E-state index is -0.664. The molecule has 0 aliphatic heterocycles. The minimum Gasteiger partial charge on any atom is -0.428 e. The smallest absolute Gasteiger partial charge is 0.428 e. The molecule has 0 saturated carbocycles. The highest BCUT2D eigenvalue weighted by molar-refractivity contribution is 5.64. The molecule has 1 unspecified atom stereocenters. The molecule has 3 heteroatoms. The number of benzene rings is 1. The van der Waals surface area contributed by atoms with Gasteiger partial charge in [-0.3, -0.25) is 0 Å². The molecule has 0 spiro atoms. The molecule has 22 heavy (non-hydrogen) atoms. The molecule has 1 rings (SSSR count). The van der Waals surface area contributed by atoms with Crippen LogP contribution >= 0.6 is 0 Å². The van der Waals surface area contributed by atoms with Crippen molar-refractivity contribution in [2.45, 2.75) is 66.4 Å². The highest BCUT2D eigenvalue weighted by atomic mass is 16.7. The Balaban J connectivity index is 2.75. The van der Waals surface area contributed by atoms with Gasteiger partial charge in [0.2, 0.25) is 0 Å². The lowest BCUT2D eigenvalue weighted by atomic mass is 9.82. The van der Waals surface area contributed by atoms with Gasteiger partial charge in [-0.15, -0.1) is 0 Å². The van der Waals surface area contributed by atoms with Crippen LogP contribution in [0.4, 0.5) is 4.79 Å². The third-order valence-electron chi connectivity index (χ3n) is 3.43. The van der Waals surface area contributed by atoms with E-state index in [0.29, 0.717) is 23.5 Å². The second-order valence-corrected chi connectivity index (χ2v) is 7.62. The molecule has 124 valence electrons. The van der Waals surface area contributed by atoms with E-state index in [-0.39, 0.29) is 0 Å². The summed E-state index contributed by atoms with van der Waals surface area (Å²) < 4.78 is 10.4. The third kappa shape index (κ3) is 6.50. The largest absolute Gasteiger partial charge is 0.514 e. The number of carbonyl (C=O) groups excluding carboxylic acids is 1. The monoisotopic (exact) mass is 306 g/mol. The Morgan fingerprint density at radius 2 is 1.59 bits per heavy atom. The van der Waals surface area contributed by atoms with Crippen LogP contribution in [0.2, 0.25) is 0 Å². The first-order valence-corrected chi connectivity index (χ1v) is 8.09. The number of ether oxygens (including phenoxy) is 2. The van der Waals surface area contributed by atoms with E-state index in [2.05, 4.69) is 27.7 Å². The molecule has 0 fully saturated rings. The van der Waals surface area contributed by atoms with E-state index >= 15 is 0 Å². The molecule has 1 aromatic rings. The Morgan fingerprint density at radius 3 is 2.00 bits per heavy atom. The molecule has 0 aromatic heterocycles. The van der Waals surface area contributed by atoms with E-state index in [1.165, 1.54) is 5.56 Å². The van der Waals surface area contributed by atoms with Crippen molar-refractivity contribution in [3.05, 3.63) is 29.8 Å². The summed E-state index contributed by atoms with van der Waals surface area (Å²) in [6.07, 6.45) is 0.493. The first-order valence-electron chi connectivity index (χ1n) is 8.09. The fourth-order valence-corrected chi connectivity index (χ4v) is 2.45. The average molecular weight is 306 g/mol. The van der Waals surface area contributed by atoms with Gasteiger partial charge in [-0.05, 0) is 62.6 Å². The zero-order valence-electron chi connectivity index (χ0n) is 15.0. The number of carbonyl (C=O) groups is 1. The van der Waals surface area contributed by atoms with Crippen molar-refractivity contribution >= 4 is 6.16 Å². The Labute approximate surface area is 135 Å². The van der Waals surface area contributed by atoms with Crippen molar-refractivity contribution in [1.82, 2.24) is 0 Å². The van der Waals surface area contributed by atoms with Crippen LogP contribution in [0.5, 0.6) is 5.75 Å². The van der Waals surface area contributed by atoms with Crippen molar-refractivity contribution in [3.8, 4) is 5.75 Å². The van der Waals surface area contributed by atoms with Crippen LogP contribution in [-0.4, -0.2) is 11.8 Å². The first-order chi connectivity index (χ1) is 10.1. The molecule has 0 saturated heterocycles. The van der Waals surface area contributed by atoms with E-state index in [9.17, 15) is 4.79 Å². The Kier molecular flexibility index (Phi) is 6.46. The second-order valence-electron chi connectivity index (χ2n) is 7.62. The van der Waals surface area contributed by atoms with Crippen molar-refractivity contribution in [3.63, 3.8) is 0 Å². The summed E-state index contributed by atoms with van der Waals surface area (Å²) >= 11 is 0. The van der Waals surface area contributed by atoms with Crippen LogP contribution in [-0.2, 0) is 4.74 Å². The molecule has 0 heterocycles. The van der Waals surface area contributed by atoms with Crippen LogP contribution in [0.3, 0.4) is 0 Å². The molecule has 1 atom stereocenters. The summed E-state index contributed by atoms with van der Waals surface area (Å²) in [4.78, 5) is 11.7. The topological polar surface area (TPSA) is 35.5 Å². The van der Waals surface area contributed by atoms with Gasteiger partial charge in [0.25, 0.3) is 0 Å². The van der Waals surface area contributed by atoms with Gasteiger partial charge < -0.3 is 9.47 Å². The van der Waals surface area contributed by atoms with Crippen molar-refractivity contribution in [2.75, 3.05) is 0 Å². The molecule has 3 nitrogen and oxygen atoms in total. The van der Waals surface area contributed by atoms with Crippen LogP contribution in [0.1, 0.15) is 66.4 Å². The molecular formula is C19H30O3. The van der Waals surface area contributed by atoms with Crippen LogP contribution in [0.25, 0.3) is 0 Å². The Bertz CT molecular complexity index is 466. The van der Waals surface area contributed by atoms with Gasteiger partial charge in [-0.2, -0.15) is 0 Å². The van der Waals surface area contributed by atoms with E-state index in [1.807, 2.05) is 45.0 Å². The van der Waals surface area contributed by atoms with Gasteiger partial charge in [0.05, 0.1) is 0 Å². The fourth-order valence-electron chi connectivity index (χ4n) is 2.45. The lowest BCUT2D eigenvalue weighted by molar-refractivity contribution is 0.0206.